The molecule has 25 heavy (non-hydrogen) atoms. The highest BCUT2D eigenvalue weighted by Crippen LogP contribution is 2.34. The molecule has 9 nitrogen and oxygen atoms in total. The van der Waals surface area contributed by atoms with Crippen LogP contribution in [-0.4, -0.2) is 46.8 Å². The first-order valence-corrected chi connectivity index (χ1v) is 8.35. The number of hydrogen-bond acceptors (Lipinski definition) is 6. The van der Waals surface area contributed by atoms with Gasteiger partial charge in [0.15, 0.2) is 0 Å². The Morgan fingerprint density at radius 1 is 1.24 bits per heavy atom. The summed E-state index contributed by atoms with van der Waals surface area (Å²) in [6.07, 6.45) is 1.48. The molecule has 1 aliphatic heterocycles. The topological polar surface area (TPSA) is 110 Å². The second kappa shape index (κ2) is 7.91. The molecule has 0 N–H and O–H groups in total. The highest BCUT2D eigenvalue weighted by Gasteiger charge is 2.31. The molecule has 9 heteroatoms. The Morgan fingerprint density at radius 3 is 2.48 bits per heavy atom. The van der Waals surface area contributed by atoms with Gasteiger partial charge in [0.1, 0.15) is 5.69 Å². The number of nitro benzene ring substituents is 2. The van der Waals surface area contributed by atoms with E-state index in [-0.39, 0.29) is 23.2 Å². The predicted molar refractivity (Wildman–Crippen MR) is 92.6 cm³/mol. The van der Waals surface area contributed by atoms with E-state index in [1.807, 2.05) is 13.8 Å². The van der Waals surface area contributed by atoms with Gasteiger partial charge in [-0.2, -0.15) is 0 Å². The Kier molecular flexibility index (Phi) is 5.89. The summed E-state index contributed by atoms with van der Waals surface area (Å²) in [7, 11) is 0. The van der Waals surface area contributed by atoms with Crippen LogP contribution in [0.3, 0.4) is 0 Å². The molecule has 1 fully saturated rings. The van der Waals surface area contributed by atoms with Crippen molar-refractivity contribution in [1.82, 2.24) is 4.90 Å². The number of rotatable bonds is 6. The molecule has 1 saturated heterocycles. The predicted octanol–water partition coefficient (Wildman–Crippen LogP) is 2.59. The average molecular weight is 350 g/mol. The van der Waals surface area contributed by atoms with E-state index < -0.39 is 9.85 Å². The van der Waals surface area contributed by atoms with Crippen LogP contribution in [0.15, 0.2) is 18.2 Å². The first kappa shape index (κ1) is 18.6. The van der Waals surface area contributed by atoms with Gasteiger partial charge in [0.05, 0.1) is 21.8 Å². The van der Waals surface area contributed by atoms with E-state index in [9.17, 15) is 25.0 Å². The molecule has 1 amide bonds. The molecular formula is C16H22N4O5. The number of nitro groups is 2. The fourth-order valence-corrected chi connectivity index (χ4v) is 3.23. The minimum absolute atomic E-state index is 0.0549. The summed E-state index contributed by atoms with van der Waals surface area (Å²) < 4.78 is 0. The van der Waals surface area contributed by atoms with Crippen LogP contribution in [0.2, 0.25) is 0 Å². The molecule has 0 aliphatic carbocycles. The largest absolute Gasteiger partial charge is 0.365 e. The number of hydrogen-bond donors (Lipinski definition) is 0. The maximum atomic E-state index is 12.6. The number of carbonyl (C=O) groups is 1. The van der Waals surface area contributed by atoms with Gasteiger partial charge in [-0.05, 0) is 32.8 Å². The van der Waals surface area contributed by atoms with Crippen molar-refractivity contribution >= 4 is 23.0 Å². The highest BCUT2D eigenvalue weighted by molar-refractivity contribution is 5.80. The first-order valence-electron chi connectivity index (χ1n) is 8.35. The van der Waals surface area contributed by atoms with Gasteiger partial charge in [0.25, 0.3) is 11.4 Å². The van der Waals surface area contributed by atoms with Crippen molar-refractivity contribution < 1.29 is 14.6 Å². The third-order valence-corrected chi connectivity index (χ3v) is 4.55. The zero-order chi connectivity index (χ0) is 18.6. The zero-order valence-electron chi connectivity index (χ0n) is 14.4. The van der Waals surface area contributed by atoms with Crippen molar-refractivity contribution in [3.05, 3.63) is 38.4 Å². The molecule has 0 spiro atoms. The van der Waals surface area contributed by atoms with Gasteiger partial charge in [-0.15, -0.1) is 0 Å². The summed E-state index contributed by atoms with van der Waals surface area (Å²) in [6, 6.07) is 3.64. The average Bonchev–Trinajstić information content (AvgIpc) is 2.62. The van der Waals surface area contributed by atoms with E-state index in [0.29, 0.717) is 31.9 Å². The Bertz CT molecular complexity index is 674. The smallest absolute Gasteiger partial charge is 0.299 e. The standard InChI is InChI=1S/C16H22N4O5/c1-3-17(4-2)16(21)12-6-5-9-18(11-12)14-8-7-13(19(22)23)10-15(14)20(24)25/h7-8,10,12H,3-6,9,11H2,1-2H3/t12-/m0/s1. The molecule has 1 aliphatic rings. The second-order valence-corrected chi connectivity index (χ2v) is 5.98. The van der Waals surface area contributed by atoms with Crippen molar-refractivity contribution in [2.45, 2.75) is 26.7 Å². The summed E-state index contributed by atoms with van der Waals surface area (Å²) in [4.78, 5) is 37.1. The molecular weight excluding hydrogens is 328 g/mol. The first-order chi connectivity index (χ1) is 11.9. The van der Waals surface area contributed by atoms with Crippen molar-refractivity contribution in [3.63, 3.8) is 0 Å². The Morgan fingerprint density at radius 2 is 1.92 bits per heavy atom. The van der Waals surface area contributed by atoms with E-state index in [4.69, 9.17) is 0 Å². The lowest BCUT2D eigenvalue weighted by atomic mass is 9.95. The van der Waals surface area contributed by atoms with Gasteiger partial charge in [0, 0.05) is 32.2 Å². The summed E-state index contributed by atoms with van der Waals surface area (Å²) in [5.41, 5.74) is -0.291. The number of nitrogens with zero attached hydrogens (tertiary/aromatic N) is 4. The van der Waals surface area contributed by atoms with Gasteiger partial charge in [0.2, 0.25) is 5.91 Å². The van der Waals surface area contributed by atoms with E-state index in [2.05, 4.69) is 0 Å². The SMILES string of the molecule is CCN(CC)C(=O)[C@H]1CCCN(c2ccc([N+](=O)[O-])cc2[N+](=O)[O-])C1. The van der Waals surface area contributed by atoms with Crippen molar-refractivity contribution in [1.29, 1.82) is 0 Å². The van der Waals surface area contributed by atoms with Crippen LogP contribution in [0.25, 0.3) is 0 Å². The number of anilines is 1. The lowest BCUT2D eigenvalue weighted by Gasteiger charge is -2.35. The fourth-order valence-electron chi connectivity index (χ4n) is 3.23. The molecule has 2 rings (SSSR count). The monoisotopic (exact) mass is 350 g/mol. The third-order valence-electron chi connectivity index (χ3n) is 4.55. The van der Waals surface area contributed by atoms with Crippen LogP contribution in [0.4, 0.5) is 17.1 Å². The maximum absolute atomic E-state index is 12.6. The van der Waals surface area contributed by atoms with Gasteiger partial charge in [-0.3, -0.25) is 25.0 Å². The molecule has 0 bridgehead atoms. The van der Waals surface area contributed by atoms with Crippen LogP contribution in [0, 0.1) is 26.1 Å². The number of piperidine rings is 1. The van der Waals surface area contributed by atoms with Gasteiger partial charge in [-0.25, -0.2) is 0 Å². The number of amides is 1. The summed E-state index contributed by atoms with van der Waals surface area (Å²) >= 11 is 0. The van der Waals surface area contributed by atoms with E-state index in [1.54, 1.807) is 9.80 Å². The normalized spacial score (nSPS) is 17.2. The molecule has 136 valence electrons. The number of carbonyl (C=O) groups excluding carboxylic acids is 1. The Balaban J connectivity index is 2.27. The zero-order valence-corrected chi connectivity index (χ0v) is 14.4. The summed E-state index contributed by atoms with van der Waals surface area (Å²) in [5.74, 6) is -0.164. The molecule has 0 radical (unpaired) electrons. The van der Waals surface area contributed by atoms with Crippen LogP contribution in [0.5, 0.6) is 0 Å². The maximum Gasteiger partial charge on any atom is 0.299 e. The molecule has 1 aromatic carbocycles. The number of benzene rings is 1. The van der Waals surface area contributed by atoms with E-state index in [0.717, 1.165) is 18.9 Å². The molecule has 0 unspecified atom stereocenters. The minimum atomic E-state index is -0.653. The molecule has 1 atom stereocenters. The van der Waals surface area contributed by atoms with Crippen molar-refractivity contribution in [2.75, 3.05) is 31.1 Å². The molecule has 1 aromatic rings. The van der Waals surface area contributed by atoms with E-state index >= 15 is 0 Å². The lowest BCUT2D eigenvalue weighted by molar-refractivity contribution is -0.393. The molecule has 0 saturated carbocycles. The van der Waals surface area contributed by atoms with Crippen LogP contribution in [0.1, 0.15) is 26.7 Å². The van der Waals surface area contributed by atoms with Crippen LogP contribution in [-0.2, 0) is 4.79 Å². The third kappa shape index (κ3) is 4.04. The van der Waals surface area contributed by atoms with Crippen LogP contribution < -0.4 is 4.90 Å². The summed E-state index contributed by atoms with van der Waals surface area (Å²) in [6.45, 7) is 6.06. The van der Waals surface area contributed by atoms with Gasteiger partial charge < -0.3 is 9.80 Å². The highest BCUT2D eigenvalue weighted by atomic mass is 16.6. The Labute approximate surface area is 145 Å². The lowest BCUT2D eigenvalue weighted by Crippen LogP contribution is -2.45. The van der Waals surface area contributed by atoms with Crippen molar-refractivity contribution in [3.8, 4) is 0 Å². The quantitative estimate of drug-likeness (QED) is 0.576. The minimum Gasteiger partial charge on any atom is -0.365 e. The second-order valence-electron chi connectivity index (χ2n) is 5.98. The molecule has 0 aromatic heterocycles. The summed E-state index contributed by atoms with van der Waals surface area (Å²) in [5, 5.41) is 22.2. The van der Waals surface area contributed by atoms with Crippen molar-refractivity contribution in [2.24, 2.45) is 5.92 Å². The van der Waals surface area contributed by atoms with Gasteiger partial charge in [-0.1, -0.05) is 0 Å². The fraction of sp³-hybridized carbons (Fsp3) is 0.562. The van der Waals surface area contributed by atoms with Crippen LogP contribution >= 0.6 is 0 Å². The van der Waals surface area contributed by atoms with E-state index in [1.165, 1.54) is 12.1 Å². The number of non-ortho nitro benzene ring substituents is 1. The molecule has 1 heterocycles. The van der Waals surface area contributed by atoms with Gasteiger partial charge >= 0.3 is 0 Å². The Hall–Kier alpha value is -2.71.